The number of rotatable bonds is 5. The average Bonchev–Trinajstić information content (AvgIpc) is 3.42. The van der Waals surface area contributed by atoms with Crippen LogP contribution in [0, 0.1) is 0 Å². The first-order valence-corrected chi connectivity index (χ1v) is 12.6. The maximum atomic E-state index is 12.9. The van der Waals surface area contributed by atoms with E-state index in [-0.39, 0.29) is 29.9 Å². The number of fused-ring (bicyclic) bond motifs is 2. The van der Waals surface area contributed by atoms with E-state index in [1.54, 1.807) is 12.1 Å². The van der Waals surface area contributed by atoms with Gasteiger partial charge in [0.15, 0.2) is 11.5 Å². The van der Waals surface area contributed by atoms with Crippen LogP contribution in [0.3, 0.4) is 0 Å². The highest BCUT2D eigenvalue weighted by molar-refractivity contribution is 7.86. The molecular formula is C23H24N4O6S. The zero-order chi connectivity index (χ0) is 24.0. The van der Waals surface area contributed by atoms with Gasteiger partial charge >= 0.3 is 10.1 Å². The Hall–Kier alpha value is -3.57. The number of methoxy groups -OCH3 is 1. The number of amides is 2. The molecule has 2 aliphatic rings. The number of hydrogen-bond donors (Lipinski definition) is 3. The Morgan fingerprint density at radius 2 is 1.88 bits per heavy atom. The predicted molar refractivity (Wildman–Crippen MR) is 126 cm³/mol. The number of piperazine rings is 1. The average molecular weight is 485 g/mol. The Kier molecular flexibility index (Phi) is 5.45. The lowest BCUT2D eigenvalue weighted by Crippen LogP contribution is -2.46. The highest BCUT2D eigenvalue weighted by Crippen LogP contribution is 2.43. The third kappa shape index (κ3) is 3.97. The van der Waals surface area contributed by atoms with Crippen molar-refractivity contribution in [3.05, 3.63) is 47.0 Å². The van der Waals surface area contributed by atoms with Crippen molar-refractivity contribution in [2.75, 3.05) is 39.5 Å². The van der Waals surface area contributed by atoms with Crippen LogP contribution in [0.2, 0.25) is 0 Å². The molecule has 2 amide bonds. The molecule has 10 nitrogen and oxygen atoms in total. The predicted octanol–water partition coefficient (Wildman–Crippen LogP) is 1.47. The monoisotopic (exact) mass is 484 g/mol. The molecule has 0 spiro atoms. The minimum atomic E-state index is -3.84. The van der Waals surface area contributed by atoms with Gasteiger partial charge in [-0.2, -0.15) is 8.42 Å². The number of hydrogen-bond acceptors (Lipinski definition) is 7. The molecule has 3 heterocycles. The van der Waals surface area contributed by atoms with Crippen molar-refractivity contribution in [1.29, 1.82) is 0 Å². The van der Waals surface area contributed by atoms with Crippen molar-refractivity contribution in [3.63, 3.8) is 0 Å². The smallest absolute Gasteiger partial charge is 0.306 e. The molecular weight excluding hydrogens is 460 g/mol. The van der Waals surface area contributed by atoms with Crippen LogP contribution in [-0.2, 0) is 16.7 Å². The van der Waals surface area contributed by atoms with E-state index in [0.717, 1.165) is 30.2 Å². The lowest BCUT2D eigenvalue weighted by molar-refractivity contribution is 0.0735. The molecule has 1 fully saturated rings. The third-order valence-corrected chi connectivity index (χ3v) is 6.48. The maximum Gasteiger partial charge on any atom is 0.306 e. The van der Waals surface area contributed by atoms with Gasteiger partial charge in [0.25, 0.3) is 11.8 Å². The number of aromatic amines is 1. The second kappa shape index (κ2) is 8.33. The molecule has 0 radical (unpaired) electrons. The Morgan fingerprint density at radius 1 is 1.12 bits per heavy atom. The van der Waals surface area contributed by atoms with Crippen LogP contribution in [0.25, 0.3) is 22.2 Å². The number of nitrogens with one attached hydrogen (secondary N) is 3. The Morgan fingerprint density at radius 3 is 2.59 bits per heavy atom. The number of H-pyrrole nitrogens is 1. The van der Waals surface area contributed by atoms with Gasteiger partial charge in [-0.3, -0.25) is 9.59 Å². The number of carbonyl (C=O) groups is 2. The zero-order valence-electron chi connectivity index (χ0n) is 18.7. The normalized spacial score (nSPS) is 15.8. The van der Waals surface area contributed by atoms with E-state index in [0.29, 0.717) is 41.0 Å². The van der Waals surface area contributed by atoms with Gasteiger partial charge in [-0.1, -0.05) is 0 Å². The van der Waals surface area contributed by atoms with Gasteiger partial charge in [-0.05, 0) is 30.3 Å². The number of ether oxygens (including phenoxy) is 1. The van der Waals surface area contributed by atoms with Gasteiger partial charge in [-0.25, -0.2) is 0 Å². The topological polar surface area (TPSA) is 130 Å². The second-order valence-electron chi connectivity index (χ2n) is 8.31. The van der Waals surface area contributed by atoms with E-state index in [1.807, 2.05) is 23.1 Å². The van der Waals surface area contributed by atoms with E-state index in [9.17, 15) is 18.0 Å². The summed E-state index contributed by atoms with van der Waals surface area (Å²) in [4.78, 5) is 30.7. The van der Waals surface area contributed by atoms with Crippen LogP contribution in [0.1, 0.15) is 26.3 Å². The molecule has 11 heteroatoms. The number of benzene rings is 2. The lowest BCUT2D eigenvalue weighted by Gasteiger charge is -2.27. The summed E-state index contributed by atoms with van der Waals surface area (Å²) >= 11 is 0. The largest absolute Gasteiger partial charge is 0.493 e. The highest BCUT2D eigenvalue weighted by Gasteiger charge is 2.32. The third-order valence-electron chi connectivity index (χ3n) is 6.01. The summed E-state index contributed by atoms with van der Waals surface area (Å²) in [6.45, 7) is 3.00. The van der Waals surface area contributed by atoms with Gasteiger partial charge in [0.1, 0.15) is 0 Å². The minimum Gasteiger partial charge on any atom is -0.493 e. The molecule has 2 aromatic carbocycles. The Bertz CT molecular complexity index is 1420. The van der Waals surface area contributed by atoms with Gasteiger partial charge < -0.3 is 29.4 Å². The molecule has 0 bridgehead atoms. The molecule has 178 valence electrons. The fraction of sp³-hybridized carbons (Fsp3) is 0.304. The second-order valence-corrected chi connectivity index (χ2v) is 9.88. The molecule has 0 atom stereocenters. The molecule has 0 aliphatic carbocycles. The van der Waals surface area contributed by atoms with Crippen LogP contribution >= 0.6 is 0 Å². The first kappa shape index (κ1) is 22.2. The maximum absolute atomic E-state index is 12.9. The quantitative estimate of drug-likeness (QED) is 0.468. The van der Waals surface area contributed by atoms with Crippen molar-refractivity contribution >= 4 is 32.8 Å². The lowest BCUT2D eigenvalue weighted by atomic mass is 9.98. The molecule has 3 N–H and O–H groups in total. The van der Waals surface area contributed by atoms with E-state index in [1.165, 1.54) is 7.11 Å². The summed E-state index contributed by atoms with van der Waals surface area (Å²) in [5.41, 5.74) is 3.32. The summed E-state index contributed by atoms with van der Waals surface area (Å²) in [5.74, 6) is -0.152. The first-order valence-electron chi connectivity index (χ1n) is 10.8. The first-order chi connectivity index (χ1) is 16.2. The summed E-state index contributed by atoms with van der Waals surface area (Å²) in [7, 11) is -2.43. The summed E-state index contributed by atoms with van der Waals surface area (Å²) in [5, 5.41) is 6.78. The summed E-state index contributed by atoms with van der Waals surface area (Å²) in [6.07, 6.45) is 0.938. The number of nitrogens with zero attached hydrogens (tertiary/aromatic N) is 1. The minimum absolute atomic E-state index is 0.00196. The van der Waals surface area contributed by atoms with Gasteiger partial charge in [0, 0.05) is 66.0 Å². The fourth-order valence-corrected chi connectivity index (χ4v) is 4.93. The van der Waals surface area contributed by atoms with Crippen molar-refractivity contribution < 1.29 is 26.9 Å². The molecule has 2 aliphatic heterocycles. The van der Waals surface area contributed by atoms with Gasteiger partial charge in [0.2, 0.25) is 0 Å². The van der Waals surface area contributed by atoms with Gasteiger partial charge in [0.05, 0.1) is 18.9 Å². The van der Waals surface area contributed by atoms with E-state index < -0.39 is 10.1 Å². The standard InChI is InChI=1S/C23H24N4O6S/c1-32-19-11-15(20-16(12-25-22(20)28)21(19)33-34(2,30)31)18-10-14-9-13(3-4-17(14)26-18)23(29)27-7-5-24-6-8-27/h3-4,9-11,24,26H,5-8,12H2,1-2H3,(H,25,28). The molecule has 1 aromatic heterocycles. The molecule has 5 rings (SSSR count). The van der Waals surface area contributed by atoms with Crippen molar-refractivity contribution in [1.82, 2.24) is 20.5 Å². The fourth-order valence-electron chi connectivity index (χ4n) is 4.45. The highest BCUT2D eigenvalue weighted by atomic mass is 32.2. The van der Waals surface area contributed by atoms with E-state index >= 15 is 0 Å². The van der Waals surface area contributed by atoms with E-state index in [4.69, 9.17) is 8.92 Å². The SMILES string of the molecule is COc1cc(-c2cc3cc(C(=O)N4CCNCC4)ccc3[nH]2)c2c(c1OS(C)(=O)=O)CNC2=O. The summed E-state index contributed by atoms with van der Waals surface area (Å²) < 4.78 is 34.2. The number of aromatic nitrogens is 1. The molecule has 0 saturated carbocycles. The van der Waals surface area contributed by atoms with Crippen LogP contribution in [0.5, 0.6) is 11.5 Å². The van der Waals surface area contributed by atoms with E-state index in [2.05, 4.69) is 15.6 Å². The van der Waals surface area contributed by atoms with Crippen molar-refractivity contribution in [2.24, 2.45) is 0 Å². The summed E-state index contributed by atoms with van der Waals surface area (Å²) in [6, 6.07) is 8.91. The van der Waals surface area contributed by atoms with Crippen LogP contribution < -0.4 is 19.6 Å². The molecule has 0 unspecified atom stereocenters. The molecule has 3 aromatic rings. The van der Waals surface area contributed by atoms with Gasteiger partial charge in [-0.15, -0.1) is 0 Å². The van der Waals surface area contributed by atoms with Crippen molar-refractivity contribution in [2.45, 2.75) is 6.54 Å². The van der Waals surface area contributed by atoms with Crippen molar-refractivity contribution in [3.8, 4) is 22.8 Å². The Labute approximate surface area is 196 Å². The van der Waals surface area contributed by atoms with Crippen LogP contribution in [0.4, 0.5) is 0 Å². The number of carbonyl (C=O) groups excluding carboxylic acids is 2. The van der Waals surface area contributed by atoms with Crippen LogP contribution in [-0.4, -0.2) is 69.7 Å². The molecule has 34 heavy (non-hydrogen) atoms. The zero-order valence-corrected chi connectivity index (χ0v) is 19.5. The van der Waals surface area contributed by atoms with Crippen LogP contribution in [0.15, 0.2) is 30.3 Å². The molecule has 1 saturated heterocycles. The Balaban J connectivity index is 1.59.